The van der Waals surface area contributed by atoms with Crippen molar-refractivity contribution in [3.63, 3.8) is 0 Å². The molecule has 1 atom stereocenters. The van der Waals surface area contributed by atoms with Gasteiger partial charge in [0.25, 0.3) is 5.91 Å². The van der Waals surface area contributed by atoms with Crippen LogP contribution in [0.4, 0.5) is 0 Å². The monoisotopic (exact) mass is 412 g/mol. The first kappa shape index (κ1) is 19.4. The van der Waals surface area contributed by atoms with Gasteiger partial charge in [-0.2, -0.15) is 0 Å². The summed E-state index contributed by atoms with van der Waals surface area (Å²) in [7, 11) is 0. The van der Waals surface area contributed by atoms with Crippen molar-refractivity contribution in [3.8, 4) is 0 Å². The van der Waals surface area contributed by atoms with Gasteiger partial charge in [0.05, 0.1) is 26.9 Å². The molecular formula is C22H24N2O2S2. The average Bonchev–Trinajstić information content (AvgIpc) is 3.39. The average molecular weight is 413 g/mol. The Kier molecular flexibility index (Phi) is 6.62. The lowest BCUT2D eigenvalue weighted by atomic mass is 10.2. The van der Waals surface area contributed by atoms with Gasteiger partial charge >= 0.3 is 0 Å². The Labute approximate surface area is 173 Å². The Morgan fingerprint density at radius 1 is 1.21 bits per heavy atom. The molecule has 1 saturated heterocycles. The number of nitrogens with zero attached hydrogens (tertiary/aromatic N) is 1. The quantitative estimate of drug-likeness (QED) is 0.421. The van der Waals surface area contributed by atoms with Crippen LogP contribution in [0.25, 0.3) is 10.2 Å². The summed E-state index contributed by atoms with van der Waals surface area (Å²) in [5.41, 5.74) is 1.81. The van der Waals surface area contributed by atoms with E-state index < -0.39 is 0 Å². The van der Waals surface area contributed by atoms with Gasteiger partial charge in [0.15, 0.2) is 0 Å². The predicted molar refractivity (Wildman–Crippen MR) is 116 cm³/mol. The molecule has 1 unspecified atom stereocenters. The molecule has 0 spiro atoms. The van der Waals surface area contributed by atoms with Gasteiger partial charge in [-0.05, 0) is 43.5 Å². The lowest BCUT2D eigenvalue weighted by Crippen LogP contribution is -2.25. The molecule has 0 aliphatic carbocycles. The van der Waals surface area contributed by atoms with Crippen LogP contribution in [0, 0.1) is 0 Å². The molecule has 2 aromatic carbocycles. The number of carbonyl (C=O) groups is 1. The molecule has 0 bridgehead atoms. The third-order valence-electron chi connectivity index (χ3n) is 4.77. The first-order valence-corrected chi connectivity index (χ1v) is 11.6. The number of fused-ring (bicyclic) bond motifs is 1. The van der Waals surface area contributed by atoms with E-state index in [2.05, 4.69) is 16.4 Å². The smallest absolute Gasteiger partial charge is 0.252 e. The molecule has 4 rings (SSSR count). The minimum atomic E-state index is -0.000241. The van der Waals surface area contributed by atoms with Crippen LogP contribution in [0.1, 0.15) is 34.6 Å². The van der Waals surface area contributed by atoms with Crippen molar-refractivity contribution in [2.75, 3.05) is 18.9 Å². The zero-order valence-electron chi connectivity index (χ0n) is 15.7. The summed E-state index contributed by atoms with van der Waals surface area (Å²) in [6.07, 6.45) is 4.34. The van der Waals surface area contributed by atoms with Gasteiger partial charge < -0.3 is 10.1 Å². The van der Waals surface area contributed by atoms with Crippen molar-refractivity contribution in [2.45, 2.75) is 36.7 Å². The Morgan fingerprint density at radius 2 is 2.07 bits per heavy atom. The van der Waals surface area contributed by atoms with Gasteiger partial charge in [-0.3, -0.25) is 4.79 Å². The van der Waals surface area contributed by atoms with Crippen LogP contribution < -0.4 is 5.32 Å². The van der Waals surface area contributed by atoms with Gasteiger partial charge in [-0.15, -0.1) is 23.1 Å². The molecule has 2 heterocycles. The molecule has 146 valence electrons. The number of thioether (sulfide) groups is 1. The van der Waals surface area contributed by atoms with Crippen molar-refractivity contribution in [3.05, 3.63) is 59.1 Å². The Hall–Kier alpha value is -1.89. The fraction of sp³-hybridized carbons (Fsp3) is 0.364. The van der Waals surface area contributed by atoms with E-state index >= 15 is 0 Å². The summed E-state index contributed by atoms with van der Waals surface area (Å²) in [6.45, 7) is 1.52. The maximum absolute atomic E-state index is 12.6. The van der Waals surface area contributed by atoms with Crippen LogP contribution in [-0.2, 0) is 11.2 Å². The zero-order chi connectivity index (χ0) is 19.2. The highest BCUT2D eigenvalue weighted by molar-refractivity contribution is 7.99. The normalized spacial score (nSPS) is 16.5. The van der Waals surface area contributed by atoms with E-state index in [-0.39, 0.29) is 5.91 Å². The summed E-state index contributed by atoms with van der Waals surface area (Å²) in [5.74, 6) is 0.904. The van der Waals surface area contributed by atoms with Crippen molar-refractivity contribution in [2.24, 2.45) is 0 Å². The molecule has 28 heavy (non-hydrogen) atoms. The number of ether oxygens (including phenoxy) is 1. The predicted octanol–water partition coefficient (Wildman–Crippen LogP) is 4.93. The second-order valence-electron chi connectivity index (χ2n) is 6.88. The molecule has 0 radical (unpaired) electrons. The first-order chi connectivity index (χ1) is 13.8. The summed E-state index contributed by atoms with van der Waals surface area (Å²) in [4.78, 5) is 18.3. The molecule has 3 aromatic rings. The van der Waals surface area contributed by atoms with E-state index in [0.29, 0.717) is 12.6 Å². The second-order valence-corrected chi connectivity index (χ2v) is 9.05. The summed E-state index contributed by atoms with van der Waals surface area (Å²) in [6, 6.07) is 16.0. The molecule has 1 aromatic heterocycles. The minimum Gasteiger partial charge on any atom is -0.377 e. The number of benzene rings is 2. The van der Waals surface area contributed by atoms with E-state index in [4.69, 9.17) is 4.74 Å². The molecule has 0 saturated carbocycles. The van der Waals surface area contributed by atoms with Crippen LogP contribution in [-0.4, -0.2) is 35.9 Å². The SMILES string of the molecule is O=C(NCCCc1nc2ccccc2s1)c1ccccc1SCC1CCCO1. The van der Waals surface area contributed by atoms with E-state index in [0.717, 1.165) is 59.0 Å². The van der Waals surface area contributed by atoms with Gasteiger partial charge in [-0.1, -0.05) is 24.3 Å². The van der Waals surface area contributed by atoms with Crippen LogP contribution in [0.3, 0.4) is 0 Å². The van der Waals surface area contributed by atoms with Gasteiger partial charge in [0.1, 0.15) is 0 Å². The standard InChI is InChI=1S/C22H24N2O2S2/c25-22(17-8-1-3-10-19(17)27-15-16-7-6-14-26-16)23-13-5-12-21-24-18-9-2-4-11-20(18)28-21/h1-4,8-11,16H,5-7,12-15H2,(H,23,25). The van der Waals surface area contributed by atoms with Crippen molar-refractivity contribution in [1.82, 2.24) is 10.3 Å². The number of hydrogen-bond acceptors (Lipinski definition) is 5. The van der Waals surface area contributed by atoms with E-state index in [1.54, 1.807) is 23.1 Å². The highest BCUT2D eigenvalue weighted by atomic mass is 32.2. The molecule has 1 aliphatic heterocycles. The number of amides is 1. The van der Waals surface area contributed by atoms with Gasteiger partial charge in [-0.25, -0.2) is 4.98 Å². The fourth-order valence-electron chi connectivity index (χ4n) is 3.30. The Morgan fingerprint density at radius 3 is 2.93 bits per heavy atom. The molecule has 1 fully saturated rings. The second kappa shape index (κ2) is 9.54. The number of rotatable bonds is 8. The van der Waals surface area contributed by atoms with Crippen LogP contribution in [0.15, 0.2) is 53.4 Å². The highest BCUT2D eigenvalue weighted by Gasteiger charge is 2.17. The molecule has 1 aliphatic rings. The van der Waals surface area contributed by atoms with Crippen molar-refractivity contribution >= 4 is 39.2 Å². The maximum atomic E-state index is 12.6. The molecule has 6 heteroatoms. The maximum Gasteiger partial charge on any atom is 0.252 e. The zero-order valence-corrected chi connectivity index (χ0v) is 17.4. The van der Waals surface area contributed by atoms with Crippen molar-refractivity contribution in [1.29, 1.82) is 0 Å². The lowest BCUT2D eigenvalue weighted by Gasteiger charge is -2.12. The third-order valence-corrected chi connectivity index (χ3v) is 7.07. The Bertz CT molecular complexity index is 902. The minimum absolute atomic E-state index is 0.000241. The van der Waals surface area contributed by atoms with E-state index in [1.807, 2.05) is 42.5 Å². The fourth-order valence-corrected chi connectivity index (χ4v) is 5.43. The number of hydrogen-bond donors (Lipinski definition) is 1. The largest absolute Gasteiger partial charge is 0.377 e. The summed E-state index contributed by atoms with van der Waals surface area (Å²) in [5, 5.41) is 4.19. The highest BCUT2D eigenvalue weighted by Crippen LogP contribution is 2.27. The summed E-state index contributed by atoms with van der Waals surface area (Å²) >= 11 is 3.45. The molecule has 4 nitrogen and oxygen atoms in total. The lowest BCUT2D eigenvalue weighted by molar-refractivity contribution is 0.0950. The number of para-hydroxylation sites is 1. The third kappa shape index (κ3) is 4.93. The topological polar surface area (TPSA) is 51.2 Å². The Balaban J connectivity index is 1.27. The van der Waals surface area contributed by atoms with Gasteiger partial charge in [0, 0.05) is 30.2 Å². The van der Waals surface area contributed by atoms with Crippen molar-refractivity contribution < 1.29 is 9.53 Å². The van der Waals surface area contributed by atoms with Crippen LogP contribution >= 0.6 is 23.1 Å². The number of carbonyl (C=O) groups excluding carboxylic acids is 1. The van der Waals surface area contributed by atoms with Gasteiger partial charge in [0.2, 0.25) is 0 Å². The van der Waals surface area contributed by atoms with E-state index in [1.165, 1.54) is 4.70 Å². The molecular weight excluding hydrogens is 388 g/mol. The molecule has 1 N–H and O–H groups in total. The van der Waals surface area contributed by atoms with Crippen LogP contribution in [0.5, 0.6) is 0 Å². The number of aromatic nitrogens is 1. The number of nitrogens with one attached hydrogen (secondary N) is 1. The number of thiazole rings is 1. The first-order valence-electron chi connectivity index (χ1n) is 9.76. The van der Waals surface area contributed by atoms with Crippen LogP contribution in [0.2, 0.25) is 0 Å². The molecule has 1 amide bonds. The summed E-state index contributed by atoms with van der Waals surface area (Å²) < 4.78 is 6.91. The van der Waals surface area contributed by atoms with E-state index in [9.17, 15) is 4.79 Å². The number of aryl methyl sites for hydroxylation is 1.